The molecule has 1 heterocycles. The number of aliphatic carboxylic acids is 1. The standard InChI is InChI=1S/C13H14BrNO4/c1-7-4-8(14)2-3-10(7)12(17)15-6-9(16)5-11(15)13(18)19/h2-4,9,11,16H,5-6H2,1H3,(H,18,19)/t9-,11+/m1/s1. The number of β-amino-alcohol motifs (C(OH)–C–C–N with tert-alkyl or cyclic N) is 1. The molecule has 0 aromatic heterocycles. The van der Waals surface area contributed by atoms with Crippen LogP contribution < -0.4 is 0 Å². The first-order valence-corrected chi connectivity index (χ1v) is 6.67. The van der Waals surface area contributed by atoms with Gasteiger partial charge in [-0.05, 0) is 30.7 Å². The monoisotopic (exact) mass is 327 g/mol. The molecular weight excluding hydrogens is 314 g/mol. The van der Waals surface area contributed by atoms with Crippen molar-refractivity contribution in [3.8, 4) is 0 Å². The summed E-state index contributed by atoms with van der Waals surface area (Å²) in [6, 6.07) is 4.24. The average Bonchev–Trinajstić information content (AvgIpc) is 2.70. The van der Waals surface area contributed by atoms with Crippen LogP contribution in [0.3, 0.4) is 0 Å². The summed E-state index contributed by atoms with van der Waals surface area (Å²) in [5.41, 5.74) is 1.23. The lowest BCUT2D eigenvalue weighted by molar-refractivity contribution is -0.141. The van der Waals surface area contributed by atoms with Crippen molar-refractivity contribution in [1.82, 2.24) is 4.90 Å². The van der Waals surface area contributed by atoms with Crippen molar-refractivity contribution in [3.63, 3.8) is 0 Å². The summed E-state index contributed by atoms with van der Waals surface area (Å²) < 4.78 is 0.859. The number of halogens is 1. The molecule has 1 amide bonds. The van der Waals surface area contributed by atoms with Crippen LogP contribution in [0.2, 0.25) is 0 Å². The van der Waals surface area contributed by atoms with Crippen molar-refractivity contribution < 1.29 is 19.8 Å². The number of hydrogen-bond acceptors (Lipinski definition) is 3. The van der Waals surface area contributed by atoms with Crippen molar-refractivity contribution in [2.24, 2.45) is 0 Å². The molecule has 0 unspecified atom stereocenters. The first-order valence-electron chi connectivity index (χ1n) is 5.88. The summed E-state index contributed by atoms with van der Waals surface area (Å²) in [6.45, 7) is 1.85. The zero-order valence-corrected chi connectivity index (χ0v) is 11.9. The van der Waals surface area contributed by atoms with Gasteiger partial charge in [0.2, 0.25) is 0 Å². The van der Waals surface area contributed by atoms with E-state index in [1.54, 1.807) is 25.1 Å². The number of carbonyl (C=O) groups is 2. The zero-order valence-electron chi connectivity index (χ0n) is 10.3. The van der Waals surface area contributed by atoms with Gasteiger partial charge in [-0.15, -0.1) is 0 Å². The van der Waals surface area contributed by atoms with Crippen LogP contribution in [0.4, 0.5) is 0 Å². The van der Waals surface area contributed by atoms with Crippen molar-refractivity contribution in [3.05, 3.63) is 33.8 Å². The van der Waals surface area contributed by atoms with E-state index in [9.17, 15) is 14.7 Å². The van der Waals surface area contributed by atoms with Crippen LogP contribution in [-0.4, -0.2) is 45.7 Å². The molecule has 1 fully saturated rings. The second kappa shape index (κ2) is 5.30. The number of carboxylic acid groups (broad SMARTS) is 1. The third kappa shape index (κ3) is 2.79. The number of aliphatic hydroxyl groups excluding tert-OH is 1. The minimum absolute atomic E-state index is 0.0608. The van der Waals surface area contributed by atoms with Gasteiger partial charge in [-0.1, -0.05) is 15.9 Å². The van der Waals surface area contributed by atoms with Crippen LogP contribution in [0.1, 0.15) is 22.3 Å². The third-order valence-electron chi connectivity index (χ3n) is 3.24. The van der Waals surface area contributed by atoms with Crippen molar-refractivity contribution in [1.29, 1.82) is 0 Å². The van der Waals surface area contributed by atoms with Crippen LogP contribution in [0.5, 0.6) is 0 Å². The predicted molar refractivity (Wildman–Crippen MR) is 72.0 cm³/mol. The number of likely N-dealkylation sites (tertiary alicyclic amines) is 1. The van der Waals surface area contributed by atoms with Gasteiger partial charge in [0.25, 0.3) is 5.91 Å². The fourth-order valence-electron chi connectivity index (χ4n) is 2.29. The van der Waals surface area contributed by atoms with E-state index in [-0.39, 0.29) is 18.9 Å². The summed E-state index contributed by atoms with van der Waals surface area (Å²) in [7, 11) is 0. The molecule has 0 aliphatic carbocycles. The Kier molecular flexibility index (Phi) is 3.91. The molecule has 2 rings (SSSR count). The lowest BCUT2D eigenvalue weighted by atomic mass is 10.1. The average molecular weight is 328 g/mol. The minimum Gasteiger partial charge on any atom is -0.480 e. The minimum atomic E-state index is -1.08. The number of rotatable bonds is 2. The Morgan fingerprint density at radius 3 is 2.68 bits per heavy atom. The van der Waals surface area contributed by atoms with Gasteiger partial charge in [0.1, 0.15) is 6.04 Å². The molecule has 1 aliphatic heterocycles. The number of aliphatic hydroxyl groups is 1. The van der Waals surface area contributed by atoms with Gasteiger partial charge in [0, 0.05) is 23.0 Å². The van der Waals surface area contributed by atoms with Crippen molar-refractivity contribution in [2.45, 2.75) is 25.5 Å². The van der Waals surface area contributed by atoms with Gasteiger partial charge in [-0.2, -0.15) is 0 Å². The Bertz CT molecular complexity index is 531. The number of hydrogen-bond donors (Lipinski definition) is 2. The maximum absolute atomic E-state index is 12.4. The number of aryl methyl sites for hydroxylation is 1. The van der Waals surface area contributed by atoms with Crippen LogP contribution in [0.25, 0.3) is 0 Å². The van der Waals surface area contributed by atoms with Gasteiger partial charge < -0.3 is 15.1 Å². The Labute approximate surface area is 119 Å². The number of carboxylic acids is 1. The fraction of sp³-hybridized carbons (Fsp3) is 0.385. The van der Waals surface area contributed by atoms with Crippen molar-refractivity contribution >= 4 is 27.8 Å². The Balaban J connectivity index is 2.30. The highest BCUT2D eigenvalue weighted by Crippen LogP contribution is 2.23. The van der Waals surface area contributed by atoms with Gasteiger partial charge in [-0.3, -0.25) is 4.79 Å². The molecule has 0 radical (unpaired) electrons. The smallest absolute Gasteiger partial charge is 0.326 e. The largest absolute Gasteiger partial charge is 0.480 e. The Hall–Kier alpha value is -1.40. The maximum atomic E-state index is 12.4. The molecule has 1 saturated heterocycles. The van der Waals surface area contributed by atoms with E-state index >= 15 is 0 Å². The van der Waals surface area contributed by atoms with E-state index < -0.39 is 18.1 Å². The van der Waals surface area contributed by atoms with Gasteiger partial charge in [0.05, 0.1) is 6.10 Å². The van der Waals surface area contributed by atoms with Crippen LogP contribution in [0, 0.1) is 6.92 Å². The van der Waals surface area contributed by atoms with Gasteiger partial charge >= 0.3 is 5.97 Å². The summed E-state index contributed by atoms with van der Waals surface area (Å²) in [6.07, 6.45) is -0.697. The maximum Gasteiger partial charge on any atom is 0.326 e. The predicted octanol–water partition coefficient (Wildman–Crippen LogP) is 1.42. The molecule has 0 bridgehead atoms. The zero-order chi connectivity index (χ0) is 14.2. The molecular formula is C13H14BrNO4. The highest BCUT2D eigenvalue weighted by molar-refractivity contribution is 9.10. The Morgan fingerprint density at radius 1 is 1.42 bits per heavy atom. The van der Waals surface area contributed by atoms with E-state index in [0.717, 1.165) is 10.0 Å². The molecule has 2 N–H and O–H groups in total. The summed E-state index contributed by atoms with van der Waals surface area (Å²) in [5, 5.41) is 18.7. The molecule has 102 valence electrons. The molecule has 1 aliphatic rings. The number of benzene rings is 1. The van der Waals surface area contributed by atoms with Crippen LogP contribution in [-0.2, 0) is 4.79 Å². The Morgan fingerprint density at radius 2 is 2.11 bits per heavy atom. The quantitative estimate of drug-likeness (QED) is 0.861. The highest BCUT2D eigenvalue weighted by atomic mass is 79.9. The van der Waals surface area contributed by atoms with Crippen LogP contribution >= 0.6 is 15.9 Å². The van der Waals surface area contributed by atoms with Gasteiger partial charge in [0.15, 0.2) is 0 Å². The van der Waals surface area contributed by atoms with E-state index in [4.69, 9.17) is 5.11 Å². The van der Waals surface area contributed by atoms with Gasteiger partial charge in [-0.25, -0.2) is 4.79 Å². The first kappa shape index (κ1) is 14.0. The van der Waals surface area contributed by atoms with E-state index in [1.165, 1.54) is 4.90 Å². The fourth-order valence-corrected chi connectivity index (χ4v) is 2.77. The topological polar surface area (TPSA) is 77.8 Å². The number of nitrogens with zero attached hydrogens (tertiary/aromatic N) is 1. The second-order valence-electron chi connectivity index (χ2n) is 4.66. The third-order valence-corrected chi connectivity index (χ3v) is 3.74. The van der Waals surface area contributed by atoms with E-state index in [0.29, 0.717) is 5.56 Å². The molecule has 1 aromatic carbocycles. The second-order valence-corrected chi connectivity index (χ2v) is 5.58. The molecule has 19 heavy (non-hydrogen) atoms. The SMILES string of the molecule is Cc1cc(Br)ccc1C(=O)N1C[C@H](O)C[C@H]1C(=O)O. The highest BCUT2D eigenvalue weighted by Gasteiger charge is 2.39. The number of carbonyl (C=O) groups excluding carboxylic acids is 1. The molecule has 2 atom stereocenters. The molecule has 0 spiro atoms. The summed E-state index contributed by atoms with van der Waals surface area (Å²) in [5.74, 6) is -1.44. The summed E-state index contributed by atoms with van der Waals surface area (Å²) >= 11 is 3.31. The molecule has 5 nitrogen and oxygen atoms in total. The molecule has 6 heteroatoms. The van der Waals surface area contributed by atoms with E-state index in [2.05, 4.69) is 15.9 Å². The lowest BCUT2D eigenvalue weighted by Gasteiger charge is -2.22. The molecule has 0 saturated carbocycles. The van der Waals surface area contributed by atoms with Crippen LogP contribution in [0.15, 0.2) is 22.7 Å². The summed E-state index contributed by atoms with van der Waals surface area (Å²) in [4.78, 5) is 24.7. The molecule has 1 aromatic rings. The number of amides is 1. The normalized spacial score (nSPS) is 22.6. The lowest BCUT2D eigenvalue weighted by Crippen LogP contribution is -2.40. The van der Waals surface area contributed by atoms with E-state index in [1.807, 2.05) is 0 Å². The first-order chi connectivity index (χ1) is 8.90. The van der Waals surface area contributed by atoms with Crippen molar-refractivity contribution in [2.75, 3.05) is 6.54 Å².